The van der Waals surface area contributed by atoms with Gasteiger partial charge in [-0.15, -0.1) is 0 Å². The van der Waals surface area contributed by atoms with E-state index in [4.69, 9.17) is 4.74 Å². The van der Waals surface area contributed by atoms with Gasteiger partial charge in [0, 0.05) is 11.5 Å². The average Bonchev–Trinajstić information content (AvgIpc) is 2.23. The van der Waals surface area contributed by atoms with Crippen molar-refractivity contribution in [2.75, 3.05) is 6.61 Å². The summed E-state index contributed by atoms with van der Waals surface area (Å²) in [5, 5.41) is 9.37. The van der Waals surface area contributed by atoms with Crippen molar-refractivity contribution in [1.82, 2.24) is 0 Å². The zero-order valence-electron chi connectivity index (χ0n) is 8.34. The lowest BCUT2D eigenvalue weighted by Gasteiger charge is -2.27. The Labute approximate surface area is 86.5 Å². The van der Waals surface area contributed by atoms with Crippen LogP contribution in [0.2, 0.25) is 0 Å². The Morgan fingerprint density at radius 1 is 1.40 bits per heavy atom. The molecule has 0 unspecified atom stereocenters. The number of aliphatic hydroxyl groups is 1. The molecular formula is C11H12F2O2. The van der Waals surface area contributed by atoms with Crippen molar-refractivity contribution in [2.45, 2.75) is 19.4 Å². The normalized spacial score (nSPS) is 21.7. The van der Waals surface area contributed by atoms with Gasteiger partial charge in [0.25, 0.3) is 0 Å². The fourth-order valence-electron chi connectivity index (χ4n) is 1.74. The maximum atomic E-state index is 13.4. The van der Waals surface area contributed by atoms with E-state index in [9.17, 15) is 13.9 Å². The second kappa shape index (κ2) is 3.77. The number of hydrogen-bond donors (Lipinski definition) is 1. The smallest absolute Gasteiger partial charge is 0.165 e. The predicted molar refractivity (Wildman–Crippen MR) is 50.7 cm³/mol. The number of fused-ring (bicyclic) bond motifs is 1. The minimum absolute atomic E-state index is 0.00750. The van der Waals surface area contributed by atoms with Gasteiger partial charge in [-0.3, -0.25) is 0 Å². The summed E-state index contributed by atoms with van der Waals surface area (Å²) in [4.78, 5) is 0. The number of rotatable bonds is 1. The van der Waals surface area contributed by atoms with Gasteiger partial charge in [-0.05, 0) is 25.5 Å². The number of ether oxygens (including phenoxy) is 1. The third-order valence-corrected chi connectivity index (χ3v) is 2.75. The van der Waals surface area contributed by atoms with Gasteiger partial charge in [0.05, 0.1) is 12.7 Å². The van der Waals surface area contributed by atoms with E-state index in [-0.39, 0.29) is 23.8 Å². The molecule has 1 heterocycles. The molecule has 4 heteroatoms. The van der Waals surface area contributed by atoms with Crippen molar-refractivity contribution in [1.29, 1.82) is 0 Å². The van der Waals surface area contributed by atoms with Crippen LogP contribution in [0.4, 0.5) is 8.78 Å². The summed E-state index contributed by atoms with van der Waals surface area (Å²) >= 11 is 0. The first kappa shape index (κ1) is 10.4. The maximum Gasteiger partial charge on any atom is 0.165 e. The predicted octanol–water partition coefficient (Wildman–Crippen LogP) is 1.90. The molecule has 0 aliphatic carbocycles. The summed E-state index contributed by atoms with van der Waals surface area (Å²) in [7, 11) is 0. The molecule has 0 aromatic heterocycles. The molecule has 2 atom stereocenters. The van der Waals surface area contributed by atoms with Crippen molar-refractivity contribution >= 4 is 0 Å². The van der Waals surface area contributed by atoms with Gasteiger partial charge in [-0.1, -0.05) is 0 Å². The standard InChI is InChI=1S/C11H12F2O2/c1-6(14)7-4-8-9(12)2-3-10(13)11(8)15-5-7/h2-3,6-7,14H,4-5H2,1H3/t6-,7-/m0/s1. The van der Waals surface area contributed by atoms with Gasteiger partial charge in [0.1, 0.15) is 5.82 Å². The molecule has 1 aromatic carbocycles. The molecule has 1 aromatic rings. The van der Waals surface area contributed by atoms with E-state index in [0.29, 0.717) is 6.42 Å². The van der Waals surface area contributed by atoms with Gasteiger partial charge < -0.3 is 9.84 Å². The van der Waals surface area contributed by atoms with Gasteiger partial charge in [0.2, 0.25) is 0 Å². The van der Waals surface area contributed by atoms with Crippen LogP contribution in [0, 0.1) is 17.6 Å². The third-order valence-electron chi connectivity index (χ3n) is 2.75. The molecule has 1 N–H and O–H groups in total. The molecule has 0 amide bonds. The summed E-state index contributed by atoms with van der Waals surface area (Å²) in [6.07, 6.45) is -0.267. The Kier molecular flexibility index (Phi) is 2.61. The lowest BCUT2D eigenvalue weighted by molar-refractivity contribution is 0.0752. The Balaban J connectivity index is 2.36. The maximum absolute atomic E-state index is 13.4. The van der Waals surface area contributed by atoms with E-state index in [1.807, 2.05) is 0 Å². The van der Waals surface area contributed by atoms with E-state index in [0.717, 1.165) is 12.1 Å². The van der Waals surface area contributed by atoms with Crippen molar-refractivity contribution in [2.24, 2.45) is 5.92 Å². The largest absolute Gasteiger partial charge is 0.490 e. The summed E-state index contributed by atoms with van der Waals surface area (Å²) in [5.74, 6) is -1.20. The Hall–Kier alpha value is -1.16. The van der Waals surface area contributed by atoms with Gasteiger partial charge in [0.15, 0.2) is 11.6 Å². The highest BCUT2D eigenvalue weighted by molar-refractivity contribution is 5.38. The van der Waals surface area contributed by atoms with Crippen molar-refractivity contribution in [3.63, 3.8) is 0 Å². The SMILES string of the molecule is C[C@H](O)[C@@H]1COc2c(F)ccc(F)c2C1. The van der Waals surface area contributed by atoms with Crippen LogP contribution in [0.25, 0.3) is 0 Å². The first-order valence-electron chi connectivity index (χ1n) is 4.87. The quantitative estimate of drug-likeness (QED) is 0.773. The van der Waals surface area contributed by atoms with Crippen LogP contribution in [0.1, 0.15) is 12.5 Å². The molecule has 15 heavy (non-hydrogen) atoms. The van der Waals surface area contributed by atoms with Crippen LogP contribution in [0.5, 0.6) is 5.75 Å². The molecule has 0 saturated carbocycles. The van der Waals surface area contributed by atoms with Crippen LogP contribution in [0.3, 0.4) is 0 Å². The topological polar surface area (TPSA) is 29.5 Å². The number of hydrogen-bond acceptors (Lipinski definition) is 2. The third kappa shape index (κ3) is 1.81. The average molecular weight is 214 g/mol. The summed E-state index contributed by atoms with van der Waals surface area (Å²) in [6, 6.07) is 2.14. The van der Waals surface area contributed by atoms with Crippen LogP contribution in [0.15, 0.2) is 12.1 Å². The summed E-state index contributed by atoms with van der Waals surface area (Å²) in [5.41, 5.74) is 0.229. The number of halogens is 2. The fourth-order valence-corrected chi connectivity index (χ4v) is 1.74. The van der Waals surface area contributed by atoms with Crippen molar-refractivity contribution < 1.29 is 18.6 Å². The minimum Gasteiger partial charge on any atom is -0.490 e. The molecule has 0 radical (unpaired) electrons. The number of benzene rings is 1. The van der Waals surface area contributed by atoms with Crippen LogP contribution < -0.4 is 4.74 Å². The Bertz CT molecular complexity index is 377. The highest BCUT2D eigenvalue weighted by atomic mass is 19.1. The second-order valence-corrected chi connectivity index (χ2v) is 3.85. The van der Waals surface area contributed by atoms with Crippen LogP contribution >= 0.6 is 0 Å². The Morgan fingerprint density at radius 2 is 2.07 bits per heavy atom. The monoisotopic (exact) mass is 214 g/mol. The minimum atomic E-state index is -0.583. The van der Waals surface area contributed by atoms with Crippen molar-refractivity contribution in [3.8, 4) is 5.75 Å². The zero-order chi connectivity index (χ0) is 11.0. The highest BCUT2D eigenvalue weighted by Gasteiger charge is 2.27. The zero-order valence-corrected chi connectivity index (χ0v) is 8.34. The van der Waals surface area contributed by atoms with E-state index < -0.39 is 17.7 Å². The molecule has 1 aliphatic rings. The molecule has 0 spiro atoms. The molecule has 0 fully saturated rings. The second-order valence-electron chi connectivity index (χ2n) is 3.85. The van der Waals surface area contributed by atoms with E-state index in [1.165, 1.54) is 0 Å². The lowest BCUT2D eigenvalue weighted by Crippen LogP contribution is -2.30. The fraction of sp³-hybridized carbons (Fsp3) is 0.455. The molecule has 2 nitrogen and oxygen atoms in total. The first-order valence-corrected chi connectivity index (χ1v) is 4.87. The van der Waals surface area contributed by atoms with E-state index in [1.54, 1.807) is 6.92 Å². The van der Waals surface area contributed by atoms with E-state index >= 15 is 0 Å². The Morgan fingerprint density at radius 3 is 2.73 bits per heavy atom. The molecule has 2 rings (SSSR count). The lowest BCUT2D eigenvalue weighted by atomic mass is 9.92. The summed E-state index contributed by atoms with van der Waals surface area (Å²) in [6.45, 7) is 1.85. The highest BCUT2D eigenvalue weighted by Crippen LogP contribution is 2.32. The molecule has 82 valence electrons. The number of aliphatic hydroxyl groups excluding tert-OH is 1. The van der Waals surface area contributed by atoms with Crippen LogP contribution in [-0.4, -0.2) is 17.8 Å². The van der Waals surface area contributed by atoms with E-state index in [2.05, 4.69) is 0 Å². The molecule has 0 bridgehead atoms. The van der Waals surface area contributed by atoms with Gasteiger partial charge in [-0.2, -0.15) is 0 Å². The van der Waals surface area contributed by atoms with Gasteiger partial charge in [-0.25, -0.2) is 8.78 Å². The summed E-state index contributed by atoms with van der Waals surface area (Å²) < 4.78 is 31.7. The first-order chi connectivity index (χ1) is 7.09. The van der Waals surface area contributed by atoms with Crippen molar-refractivity contribution in [3.05, 3.63) is 29.3 Å². The van der Waals surface area contributed by atoms with Gasteiger partial charge >= 0.3 is 0 Å². The molecule has 1 aliphatic heterocycles. The molecule has 0 saturated heterocycles. The molecular weight excluding hydrogens is 202 g/mol. The van der Waals surface area contributed by atoms with Crippen LogP contribution in [-0.2, 0) is 6.42 Å².